The molecule has 1 aliphatic carbocycles. The summed E-state index contributed by atoms with van der Waals surface area (Å²) in [5, 5.41) is 14.1. The summed E-state index contributed by atoms with van der Waals surface area (Å²) in [6.45, 7) is 0.897. The molecule has 1 aliphatic rings. The zero-order chi connectivity index (χ0) is 11.6. The molecular formula is C11H18ClN3O. The molecule has 16 heavy (non-hydrogen) atoms. The second-order valence-corrected chi connectivity index (χ2v) is 5.13. The first-order valence-electron chi connectivity index (χ1n) is 5.72. The van der Waals surface area contributed by atoms with Crippen molar-refractivity contribution in [1.29, 1.82) is 0 Å². The Morgan fingerprint density at radius 3 is 3.12 bits per heavy atom. The van der Waals surface area contributed by atoms with Gasteiger partial charge < -0.3 is 10.8 Å². The van der Waals surface area contributed by atoms with Crippen LogP contribution in [-0.2, 0) is 6.54 Å². The van der Waals surface area contributed by atoms with Crippen molar-refractivity contribution in [2.75, 3.05) is 6.61 Å². The van der Waals surface area contributed by atoms with E-state index in [0.29, 0.717) is 10.9 Å². The number of nitrogens with zero attached hydrogens (tertiary/aromatic N) is 2. The van der Waals surface area contributed by atoms with Crippen molar-refractivity contribution in [3.63, 3.8) is 0 Å². The standard InChI is InChI=1S/C11H18ClN3O/c12-10-6-14-15(7-10)5-3-9-2-1-4-11(9,13)8-16/h6-7,9,16H,1-5,8,13H2. The van der Waals surface area contributed by atoms with Gasteiger partial charge in [0.25, 0.3) is 0 Å². The molecule has 0 amide bonds. The van der Waals surface area contributed by atoms with Gasteiger partial charge in [-0.1, -0.05) is 18.0 Å². The largest absolute Gasteiger partial charge is 0.394 e. The lowest BCUT2D eigenvalue weighted by Gasteiger charge is -2.29. The lowest BCUT2D eigenvalue weighted by atomic mass is 9.86. The van der Waals surface area contributed by atoms with Gasteiger partial charge in [0.05, 0.1) is 17.8 Å². The maximum Gasteiger partial charge on any atom is 0.0785 e. The first-order valence-corrected chi connectivity index (χ1v) is 6.09. The molecule has 1 aromatic heterocycles. The van der Waals surface area contributed by atoms with Gasteiger partial charge >= 0.3 is 0 Å². The number of hydrogen-bond acceptors (Lipinski definition) is 3. The fourth-order valence-corrected chi connectivity index (χ4v) is 2.71. The van der Waals surface area contributed by atoms with E-state index in [4.69, 9.17) is 17.3 Å². The maximum absolute atomic E-state index is 9.33. The molecule has 2 unspecified atom stereocenters. The minimum atomic E-state index is -0.378. The molecule has 0 aliphatic heterocycles. The van der Waals surface area contributed by atoms with Crippen LogP contribution in [0.3, 0.4) is 0 Å². The van der Waals surface area contributed by atoms with Crippen LogP contribution in [0.5, 0.6) is 0 Å². The number of hydrogen-bond donors (Lipinski definition) is 2. The average molecular weight is 244 g/mol. The maximum atomic E-state index is 9.33. The highest BCUT2D eigenvalue weighted by Gasteiger charge is 2.38. The summed E-state index contributed by atoms with van der Waals surface area (Å²) in [5.74, 6) is 0.389. The third kappa shape index (κ3) is 2.39. The number of rotatable bonds is 4. The third-order valence-corrected chi connectivity index (χ3v) is 3.81. The predicted octanol–water partition coefficient (Wildman–Crippen LogP) is 1.42. The molecule has 2 rings (SSSR count). The van der Waals surface area contributed by atoms with Crippen molar-refractivity contribution >= 4 is 11.6 Å². The highest BCUT2D eigenvalue weighted by Crippen LogP contribution is 2.35. The van der Waals surface area contributed by atoms with Crippen molar-refractivity contribution in [2.24, 2.45) is 11.7 Å². The molecule has 5 heteroatoms. The van der Waals surface area contributed by atoms with E-state index in [1.54, 1.807) is 6.20 Å². The van der Waals surface area contributed by atoms with Crippen LogP contribution in [0, 0.1) is 5.92 Å². The van der Waals surface area contributed by atoms with Gasteiger partial charge in [-0.15, -0.1) is 0 Å². The Kier molecular flexibility index (Phi) is 3.52. The first kappa shape index (κ1) is 11.9. The topological polar surface area (TPSA) is 64.1 Å². The number of aryl methyl sites for hydroxylation is 1. The molecule has 1 fully saturated rings. The van der Waals surface area contributed by atoms with Gasteiger partial charge in [-0.25, -0.2) is 0 Å². The van der Waals surface area contributed by atoms with E-state index in [1.165, 1.54) is 0 Å². The molecule has 0 saturated heterocycles. The van der Waals surface area contributed by atoms with E-state index in [-0.39, 0.29) is 12.1 Å². The van der Waals surface area contributed by atoms with Gasteiger partial charge in [0, 0.05) is 18.3 Å². The third-order valence-electron chi connectivity index (χ3n) is 3.61. The highest BCUT2D eigenvalue weighted by atomic mass is 35.5. The molecule has 0 spiro atoms. The van der Waals surface area contributed by atoms with Crippen LogP contribution in [0.25, 0.3) is 0 Å². The van der Waals surface area contributed by atoms with Crippen LogP contribution in [-0.4, -0.2) is 27.0 Å². The van der Waals surface area contributed by atoms with E-state index >= 15 is 0 Å². The van der Waals surface area contributed by atoms with Gasteiger partial charge in [-0.2, -0.15) is 5.10 Å². The van der Waals surface area contributed by atoms with Crippen molar-refractivity contribution in [2.45, 2.75) is 37.8 Å². The molecular weight excluding hydrogens is 226 g/mol. The highest BCUT2D eigenvalue weighted by molar-refractivity contribution is 6.30. The van der Waals surface area contributed by atoms with Gasteiger partial charge in [0.1, 0.15) is 0 Å². The Bertz CT molecular complexity index is 355. The molecule has 1 heterocycles. The van der Waals surface area contributed by atoms with Gasteiger partial charge in [-0.3, -0.25) is 4.68 Å². The van der Waals surface area contributed by atoms with E-state index < -0.39 is 0 Å². The number of aromatic nitrogens is 2. The number of aliphatic hydroxyl groups excluding tert-OH is 1. The SMILES string of the molecule is NC1(CO)CCCC1CCn1cc(Cl)cn1. The summed E-state index contributed by atoms with van der Waals surface area (Å²) in [5.41, 5.74) is 5.79. The fourth-order valence-electron chi connectivity index (χ4n) is 2.56. The second kappa shape index (κ2) is 4.73. The molecule has 1 saturated carbocycles. The molecule has 0 radical (unpaired) electrons. The quantitative estimate of drug-likeness (QED) is 0.841. The van der Waals surface area contributed by atoms with Crippen LogP contribution in [0.15, 0.2) is 12.4 Å². The number of halogens is 1. The predicted molar refractivity (Wildman–Crippen MR) is 63.2 cm³/mol. The van der Waals surface area contributed by atoms with Crippen LogP contribution in [0.4, 0.5) is 0 Å². The minimum Gasteiger partial charge on any atom is -0.394 e. The summed E-state index contributed by atoms with van der Waals surface area (Å²) in [4.78, 5) is 0. The lowest BCUT2D eigenvalue weighted by molar-refractivity contribution is 0.152. The minimum absolute atomic E-state index is 0.0809. The van der Waals surface area contributed by atoms with Crippen LogP contribution >= 0.6 is 11.6 Å². The fraction of sp³-hybridized carbons (Fsp3) is 0.727. The van der Waals surface area contributed by atoms with Gasteiger partial charge in [0.15, 0.2) is 0 Å². The second-order valence-electron chi connectivity index (χ2n) is 4.69. The van der Waals surface area contributed by atoms with Crippen LogP contribution < -0.4 is 5.73 Å². The summed E-state index contributed by atoms with van der Waals surface area (Å²) in [6, 6.07) is 0. The molecule has 0 bridgehead atoms. The van der Waals surface area contributed by atoms with Gasteiger partial charge in [-0.05, 0) is 25.2 Å². The monoisotopic (exact) mass is 243 g/mol. The zero-order valence-electron chi connectivity index (χ0n) is 9.27. The molecule has 90 valence electrons. The Hall–Kier alpha value is -0.580. The molecule has 1 aromatic rings. The van der Waals surface area contributed by atoms with Crippen molar-refractivity contribution < 1.29 is 5.11 Å². The number of nitrogens with two attached hydrogens (primary N) is 1. The smallest absolute Gasteiger partial charge is 0.0785 e. The molecule has 0 aromatic carbocycles. The summed E-state index contributed by atoms with van der Waals surface area (Å²) in [6.07, 6.45) is 7.54. The average Bonchev–Trinajstić information content (AvgIpc) is 2.83. The Morgan fingerprint density at radius 1 is 1.69 bits per heavy atom. The Morgan fingerprint density at radius 2 is 2.50 bits per heavy atom. The van der Waals surface area contributed by atoms with E-state index in [1.807, 2.05) is 10.9 Å². The number of aliphatic hydroxyl groups is 1. The Labute approximate surface area is 100 Å². The molecule has 3 N–H and O–H groups in total. The first-order chi connectivity index (χ1) is 7.64. The summed E-state index contributed by atoms with van der Waals surface area (Å²) >= 11 is 5.79. The van der Waals surface area contributed by atoms with Crippen molar-refractivity contribution in [3.05, 3.63) is 17.4 Å². The Balaban J connectivity index is 1.90. The van der Waals surface area contributed by atoms with E-state index in [2.05, 4.69) is 5.10 Å². The lowest BCUT2D eigenvalue weighted by Crippen LogP contribution is -2.47. The van der Waals surface area contributed by atoms with Gasteiger partial charge in [0.2, 0.25) is 0 Å². The normalized spacial score (nSPS) is 29.8. The molecule has 2 atom stereocenters. The zero-order valence-corrected chi connectivity index (χ0v) is 10.0. The molecule has 4 nitrogen and oxygen atoms in total. The van der Waals surface area contributed by atoms with E-state index in [9.17, 15) is 5.11 Å². The summed E-state index contributed by atoms with van der Waals surface area (Å²) < 4.78 is 1.83. The van der Waals surface area contributed by atoms with Crippen LogP contribution in [0.1, 0.15) is 25.7 Å². The van der Waals surface area contributed by atoms with Crippen LogP contribution in [0.2, 0.25) is 5.02 Å². The van der Waals surface area contributed by atoms with Crippen molar-refractivity contribution in [3.8, 4) is 0 Å². The van der Waals surface area contributed by atoms with Crippen molar-refractivity contribution in [1.82, 2.24) is 9.78 Å². The summed E-state index contributed by atoms with van der Waals surface area (Å²) in [7, 11) is 0. The van der Waals surface area contributed by atoms with E-state index in [0.717, 1.165) is 32.2 Å².